The van der Waals surface area contributed by atoms with Crippen LogP contribution in [0.4, 0.5) is 10.1 Å². The van der Waals surface area contributed by atoms with Crippen LogP contribution < -0.4 is 20.3 Å². The summed E-state index contributed by atoms with van der Waals surface area (Å²) in [7, 11) is 1.42. The summed E-state index contributed by atoms with van der Waals surface area (Å²) >= 11 is 6.04. The number of rotatable bonds is 8. The summed E-state index contributed by atoms with van der Waals surface area (Å²) in [5.74, 6) is -0.796. The fraction of sp³-hybridized carbons (Fsp3) is 0.259. The van der Waals surface area contributed by atoms with Gasteiger partial charge in [-0.25, -0.2) is 14.4 Å². The number of anilines is 1. The Bertz CT molecular complexity index is 1570. The molecule has 1 amide bonds. The number of pyridine rings is 2. The van der Waals surface area contributed by atoms with Gasteiger partial charge < -0.3 is 19.5 Å². The predicted molar refractivity (Wildman–Crippen MR) is 143 cm³/mol. The lowest BCUT2D eigenvalue weighted by Gasteiger charge is -2.26. The standard InChI is InChI=1S/C27H25ClFN5O5/c1-37-26-22(32-25(35)20-4-3-19(29)13-21(20)28)12-18(14-31-26)17-2-5-24-30-15-23(27(36)34(24)16-17)39-11-8-33-6-9-38-10-7-33/h2-5,12-16H,6-11H2,1H3,(H,32,35). The lowest BCUT2D eigenvalue weighted by Crippen LogP contribution is -2.38. The van der Waals surface area contributed by atoms with E-state index in [9.17, 15) is 14.0 Å². The second-order valence-corrected chi connectivity index (χ2v) is 9.14. The van der Waals surface area contributed by atoms with Crippen LogP contribution in [0, 0.1) is 5.82 Å². The Hall–Kier alpha value is -4.06. The van der Waals surface area contributed by atoms with E-state index < -0.39 is 11.7 Å². The van der Waals surface area contributed by atoms with Crippen molar-refractivity contribution in [2.75, 3.05) is 51.9 Å². The summed E-state index contributed by atoms with van der Waals surface area (Å²) in [4.78, 5) is 36.8. The molecule has 12 heteroatoms. The van der Waals surface area contributed by atoms with E-state index in [0.29, 0.717) is 43.1 Å². The van der Waals surface area contributed by atoms with E-state index in [2.05, 4.69) is 20.2 Å². The van der Waals surface area contributed by atoms with Gasteiger partial charge in [0.25, 0.3) is 11.5 Å². The molecule has 202 valence electrons. The van der Waals surface area contributed by atoms with Gasteiger partial charge in [-0.1, -0.05) is 11.6 Å². The summed E-state index contributed by atoms with van der Waals surface area (Å²) in [6.45, 7) is 4.07. The van der Waals surface area contributed by atoms with E-state index >= 15 is 0 Å². The number of morpholine rings is 1. The lowest BCUT2D eigenvalue weighted by atomic mass is 10.1. The molecular weight excluding hydrogens is 529 g/mol. The van der Waals surface area contributed by atoms with Gasteiger partial charge in [0.2, 0.25) is 11.6 Å². The van der Waals surface area contributed by atoms with Gasteiger partial charge in [-0.15, -0.1) is 0 Å². The van der Waals surface area contributed by atoms with Crippen LogP contribution in [-0.4, -0.2) is 71.7 Å². The second-order valence-electron chi connectivity index (χ2n) is 8.74. The summed E-state index contributed by atoms with van der Waals surface area (Å²) in [6.07, 6.45) is 4.62. The third-order valence-electron chi connectivity index (χ3n) is 6.24. The molecular formula is C27H25ClFN5O5. The Morgan fingerprint density at radius 3 is 2.72 bits per heavy atom. The zero-order valence-corrected chi connectivity index (χ0v) is 21.8. The summed E-state index contributed by atoms with van der Waals surface area (Å²) in [5, 5.41) is 2.68. The fourth-order valence-corrected chi connectivity index (χ4v) is 4.42. The number of hydrogen-bond donors (Lipinski definition) is 1. The minimum Gasteiger partial charge on any atom is -0.485 e. The third kappa shape index (κ3) is 6.00. The maximum atomic E-state index is 13.4. The van der Waals surface area contributed by atoms with Gasteiger partial charge in [-0.2, -0.15) is 0 Å². The van der Waals surface area contributed by atoms with Crippen LogP contribution in [-0.2, 0) is 4.74 Å². The molecule has 5 rings (SSSR count). The Morgan fingerprint density at radius 1 is 1.13 bits per heavy atom. The Balaban J connectivity index is 1.39. The SMILES string of the molecule is COc1ncc(-c2ccc3ncc(OCCN4CCOCC4)c(=O)n3c2)cc1NC(=O)c1ccc(F)cc1Cl. The molecule has 0 saturated carbocycles. The van der Waals surface area contributed by atoms with E-state index in [-0.39, 0.29) is 33.5 Å². The first-order valence-electron chi connectivity index (χ1n) is 12.2. The van der Waals surface area contributed by atoms with Gasteiger partial charge in [0.05, 0.1) is 37.1 Å². The molecule has 1 N–H and O–H groups in total. The number of carbonyl (C=O) groups excluding carboxylic acids is 1. The molecule has 1 aliphatic heterocycles. The number of carbonyl (C=O) groups is 1. The number of benzene rings is 1. The first-order valence-corrected chi connectivity index (χ1v) is 12.6. The van der Waals surface area contributed by atoms with Crippen LogP contribution in [0.2, 0.25) is 5.02 Å². The zero-order valence-electron chi connectivity index (χ0n) is 21.0. The number of aromatic nitrogens is 3. The van der Waals surface area contributed by atoms with Crippen molar-refractivity contribution in [2.24, 2.45) is 0 Å². The van der Waals surface area contributed by atoms with Crippen LogP contribution in [0.3, 0.4) is 0 Å². The minimum atomic E-state index is -0.560. The molecule has 10 nitrogen and oxygen atoms in total. The number of methoxy groups -OCH3 is 1. The van der Waals surface area contributed by atoms with Gasteiger partial charge in [-0.3, -0.25) is 18.9 Å². The summed E-state index contributed by atoms with van der Waals surface area (Å²) in [5.41, 5.74) is 1.71. The minimum absolute atomic E-state index is 0.0278. The molecule has 0 atom stereocenters. The first-order chi connectivity index (χ1) is 18.9. The van der Waals surface area contributed by atoms with Gasteiger partial charge in [-0.05, 0) is 36.4 Å². The number of nitrogens with one attached hydrogen (secondary N) is 1. The van der Waals surface area contributed by atoms with Crippen LogP contribution >= 0.6 is 11.6 Å². The van der Waals surface area contributed by atoms with Crippen molar-refractivity contribution in [3.05, 3.63) is 81.7 Å². The topological polar surface area (TPSA) is 107 Å². The normalized spacial score (nSPS) is 13.8. The number of ether oxygens (including phenoxy) is 3. The second kappa shape index (κ2) is 11.8. The van der Waals surface area contributed by atoms with Crippen LogP contribution in [0.15, 0.2) is 59.8 Å². The smallest absolute Gasteiger partial charge is 0.300 e. The van der Waals surface area contributed by atoms with Crippen molar-refractivity contribution in [2.45, 2.75) is 0 Å². The molecule has 0 spiro atoms. The quantitative estimate of drug-likeness (QED) is 0.353. The zero-order chi connectivity index (χ0) is 27.4. The average molecular weight is 554 g/mol. The molecule has 0 bridgehead atoms. The molecule has 39 heavy (non-hydrogen) atoms. The monoisotopic (exact) mass is 553 g/mol. The van der Waals surface area contributed by atoms with Gasteiger partial charge in [0.15, 0.2) is 0 Å². The maximum absolute atomic E-state index is 13.4. The summed E-state index contributed by atoms with van der Waals surface area (Å²) < 4.78 is 31.2. The van der Waals surface area contributed by atoms with Crippen molar-refractivity contribution in [3.8, 4) is 22.8 Å². The first kappa shape index (κ1) is 26.5. The molecule has 4 heterocycles. The molecule has 1 fully saturated rings. The Morgan fingerprint density at radius 2 is 1.95 bits per heavy atom. The van der Waals surface area contributed by atoms with E-state index in [1.165, 1.54) is 23.8 Å². The highest BCUT2D eigenvalue weighted by atomic mass is 35.5. The number of hydrogen-bond acceptors (Lipinski definition) is 8. The molecule has 0 unspecified atom stereocenters. The number of halogens is 2. The number of nitrogens with zero attached hydrogens (tertiary/aromatic N) is 4. The van der Waals surface area contributed by atoms with E-state index in [4.69, 9.17) is 25.8 Å². The van der Waals surface area contributed by atoms with Gasteiger partial charge >= 0.3 is 0 Å². The van der Waals surface area contributed by atoms with Crippen LogP contribution in [0.25, 0.3) is 16.8 Å². The number of amides is 1. The number of fused-ring (bicyclic) bond motifs is 1. The third-order valence-corrected chi connectivity index (χ3v) is 6.55. The Labute approximate surface area is 227 Å². The molecule has 1 aromatic carbocycles. The molecule has 1 saturated heterocycles. The molecule has 3 aromatic heterocycles. The van der Waals surface area contributed by atoms with Crippen molar-refractivity contribution in [1.82, 2.24) is 19.3 Å². The maximum Gasteiger partial charge on any atom is 0.300 e. The van der Waals surface area contributed by atoms with Crippen molar-refractivity contribution >= 4 is 28.8 Å². The fourth-order valence-electron chi connectivity index (χ4n) is 4.16. The highest BCUT2D eigenvalue weighted by molar-refractivity contribution is 6.34. The highest BCUT2D eigenvalue weighted by Gasteiger charge is 2.16. The summed E-state index contributed by atoms with van der Waals surface area (Å²) in [6, 6.07) is 8.64. The highest BCUT2D eigenvalue weighted by Crippen LogP contribution is 2.29. The van der Waals surface area contributed by atoms with Gasteiger partial charge in [0, 0.05) is 43.2 Å². The van der Waals surface area contributed by atoms with Crippen molar-refractivity contribution in [1.29, 1.82) is 0 Å². The van der Waals surface area contributed by atoms with Gasteiger partial charge in [0.1, 0.15) is 23.8 Å². The van der Waals surface area contributed by atoms with Crippen molar-refractivity contribution in [3.63, 3.8) is 0 Å². The molecule has 4 aromatic rings. The lowest BCUT2D eigenvalue weighted by molar-refractivity contribution is 0.0321. The predicted octanol–water partition coefficient (Wildman–Crippen LogP) is 3.52. The van der Waals surface area contributed by atoms with E-state index in [0.717, 1.165) is 25.2 Å². The van der Waals surface area contributed by atoms with E-state index in [1.54, 1.807) is 30.6 Å². The molecule has 1 aliphatic rings. The van der Waals surface area contributed by atoms with Crippen molar-refractivity contribution < 1.29 is 23.4 Å². The Kier molecular flexibility index (Phi) is 8.01. The van der Waals surface area contributed by atoms with E-state index in [1.807, 2.05) is 0 Å². The average Bonchev–Trinajstić information content (AvgIpc) is 2.94. The molecule has 0 aliphatic carbocycles. The largest absolute Gasteiger partial charge is 0.485 e. The van der Waals surface area contributed by atoms with Crippen LogP contribution in [0.1, 0.15) is 10.4 Å². The van der Waals surface area contributed by atoms with Crippen LogP contribution in [0.5, 0.6) is 11.6 Å². The molecule has 0 radical (unpaired) electrons.